The summed E-state index contributed by atoms with van der Waals surface area (Å²) in [5, 5.41) is 8.51. The third-order valence-electron chi connectivity index (χ3n) is 1.87. The van der Waals surface area contributed by atoms with E-state index in [0.29, 0.717) is 6.54 Å². The fourth-order valence-electron chi connectivity index (χ4n) is 1.21. The lowest BCUT2D eigenvalue weighted by molar-refractivity contribution is 0.161. The average molecular weight is 181 g/mol. The Morgan fingerprint density at radius 3 is 2.85 bits per heavy atom. The number of hydrogen-bond acceptors (Lipinski definition) is 3. The molecule has 0 fully saturated rings. The van der Waals surface area contributed by atoms with Crippen LogP contribution in [0.5, 0.6) is 0 Å². The third-order valence-corrected chi connectivity index (χ3v) is 1.87. The minimum absolute atomic E-state index is 0.487. The largest absolute Gasteiger partial charge is 0.384 e. The summed E-state index contributed by atoms with van der Waals surface area (Å²) < 4.78 is 4.98. The highest BCUT2D eigenvalue weighted by molar-refractivity contribution is 5.23. The molecule has 0 amide bonds. The predicted octanol–water partition coefficient (Wildman–Crippen LogP) is 1.35. The summed E-state index contributed by atoms with van der Waals surface area (Å²) in [4.78, 5) is 0. The molecule has 72 valence electrons. The molecule has 13 heavy (non-hydrogen) atoms. The Balaban J connectivity index is 2.56. The van der Waals surface area contributed by atoms with Gasteiger partial charge in [0.2, 0.25) is 0 Å². The van der Waals surface area contributed by atoms with Crippen LogP contribution in [-0.2, 0) is 17.7 Å². The number of rotatable bonds is 5. The highest BCUT2D eigenvalue weighted by atomic mass is 16.5. The molecule has 0 aliphatic rings. The minimum atomic E-state index is 0.487. The van der Waals surface area contributed by atoms with E-state index >= 15 is 0 Å². The summed E-state index contributed by atoms with van der Waals surface area (Å²) in [6.07, 6.45) is 0.912. The van der Waals surface area contributed by atoms with Crippen LogP contribution < -0.4 is 5.48 Å². The first kappa shape index (κ1) is 10.2. The van der Waals surface area contributed by atoms with Crippen molar-refractivity contribution in [3.63, 3.8) is 0 Å². The van der Waals surface area contributed by atoms with Gasteiger partial charge in [-0.25, -0.2) is 5.48 Å². The molecule has 3 nitrogen and oxygen atoms in total. The van der Waals surface area contributed by atoms with Crippen LogP contribution in [0.4, 0.5) is 0 Å². The van der Waals surface area contributed by atoms with Crippen LogP contribution in [0.1, 0.15) is 11.1 Å². The van der Waals surface area contributed by atoms with Crippen LogP contribution >= 0.6 is 0 Å². The average Bonchev–Trinajstić information content (AvgIpc) is 2.16. The predicted molar refractivity (Wildman–Crippen MR) is 50.6 cm³/mol. The van der Waals surface area contributed by atoms with E-state index in [1.807, 2.05) is 12.1 Å². The lowest BCUT2D eigenvalue weighted by Gasteiger charge is -2.03. The van der Waals surface area contributed by atoms with E-state index in [4.69, 9.17) is 9.94 Å². The molecule has 3 heteroatoms. The quantitative estimate of drug-likeness (QED) is 0.674. The highest BCUT2D eigenvalue weighted by Crippen LogP contribution is 2.05. The van der Waals surface area contributed by atoms with Crippen LogP contribution in [0.3, 0.4) is 0 Å². The van der Waals surface area contributed by atoms with Gasteiger partial charge >= 0.3 is 0 Å². The van der Waals surface area contributed by atoms with Crippen molar-refractivity contribution < 1.29 is 9.94 Å². The molecule has 1 aromatic rings. The summed E-state index contributed by atoms with van der Waals surface area (Å²) in [6, 6.07) is 8.07. The van der Waals surface area contributed by atoms with Crippen molar-refractivity contribution in [1.82, 2.24) is 5.48 Å². The summed E-state index contributed by atoms with van der Waals surface area (Å²) in [6.45, 7) is 1.22. The first-order valence-corrected chi connectivity index (χ1v) is 4.30. The van der Waals surface area contributed by atoms with Crippen LogP contribution in [0, 0.1) is 0 Å². The van der Waals surface area contributed by atoms with Crippen LogP contribution in [0.2, 0.25) is 0 Å². The summed E-state index contributed by atoms with van der Waals surface area (Å²) in [5.41, 5.74) is 4.45. The molecule has 1 aromatic carbocycles. The van der Waals surface area contributed by atoms with E-state index in [1.165, 1.54) is 5.56 Å². The standard InChI is InChI=1S/C10H15NO2/c1-13-6-5-9-3-2-4-10(7-9)8-11-12/h2-4,7,11-12H,5-6,8H2,1H3. The van der Waals surface area contributed by atoms with Crippen molar-refractivity contribution in [2.24, 2.45) is 0 Å². The fraction of sp³-hybridized carbons (Fsp3) is 0.400. The Hall–Kier alpha value is -0.900. The van der Waals surface area contributed by atoms with Gasteiger partial charge in [0, 0.05) is 13.7 Å². The number of benzene rings is 1. The maximum atomic E-state index is 8.51. The maximum absolute atomic E-state index is 8.51. The van der Waals surface area contributed by atoms with Crippen LogP contribution in [-0.4, -0.2) is 18.9 Å². The SMILES string of the molecule is COCCc1cccc(CNO)c1. The van der Waals surface area contributed by atoms with E-state index in [0.717, 1.165) is 18.6 Å². The summed E-state index contributed by atoms with van der Waals surface area (Å²) >= 11 is 0. The Morgan fingerprint density at radius 2 is 2.15 bits per heavy atom. The molecule has 0 bridgehead atoms. The molecular weight excluding hydrogens is 166 g/mol. The van der Waals surface area contributed by atoms with Crippen molar-refractivity contribution in [3.05, 3.63) is 35.4 Å². The van der Waals surface area contributed by atoms with Gasteiger partial charge in [0.1, 0.15) is 0 Å². The van der Waals surface area contributed by atoms with Gasteiger partial charge < -0.3 is 9.94 Å². The molecule has 0 spiro atoms. The Morgan fingerprint density at radius 1 is 1.38 bits per heavy atom. The van der Waals surface area contributed by atoms with Crippen molar-refractivity contribution in [2.75, 3.05) is 13.7 Å². The number of hydroxylamine groups is 1. The van der Waals surface area contributed by atoms with E-state index in [1.54, 1.807) is 7.11 Å². The van der Waals surface area contributed by atoms with Gasteiger partial charge in [-0.1, -0.05) is 24.3 Å². The molecule has 2 N–H and O–H groups in total. The third kappa shape index (κ3) is 3.55. The van der Waals surface area contributed by atoms with E-state index in [9.17, 15) is 0 Å². The molecule has 0 aliphatic carbocycles. The second-order valence-electron chi connectivity index (χ2n) is 2.90. The van der Waals surface area contributed by atoms with Gasteiger partial charge in [-0.15, -0.1) is 0 Å². The zero-order valence-corrected chi connectivity index (χ0v) is 7.79. The van der Waals surface area contributed by atoms with Gasteiger partial charge in [-0.05, 0) is 17.5 Å². The molecule has 0 heterocycles. The van der Waals surface area contributed by atoms with Gasteiger partial charge in [0.15, 0.2) is 0 Å². The summed E-state index contributed by atoms with van der Waals surface area (Å²) in [5.74, 6) is 0. The van der Waals surface area contributed by atoms with E-state index in [2.05, 4.69) is 17.6 Å². The Labute approximate surface area is 78.3 Å². The normalized spacial score (nSPS) is 10.3. The molecule has 0 atom stereocenters. The van der Waals surface area contributed by atoms with E-state index in [-0.39, 0.29) is 0 Å². The number of nitrogens with one attached hydrogen (secondary N) is 1. The number of methoxy groups -OCH3 is 1. The molecule has 0 aromatic heterocycles. The molecular formula is C10H15NO2. The number of ether oxygens (including phenoxy) is 1. The molecule has 1 rings (SSSR count). The van der Waals surface area contributed by atoms with Crippen LogP contribution in [0.15, 0.2) is 24.3 Å². The Kier molecular flexibility index (Phi) is 4.46. The molecule has 0 radical (unpaired) electrons. The summed E-state index contributed by atoms with van der Waals surface area (Å²) in [7, 11) is 1.69. The smallest absolute Gasteiger partial charge is 0.0502 e. The monoisotopic (exact) mass is 181 g/mol. The zero-order valence-electron chi connectivity index (χ0n) is 7.79. The Bertz CT molecular complexity index is 250. The van der Waals surface area contributed by atoms with Crippen molar-refractivity contribution in [2.45, 2.75) is 13.0 Å². The highest BCUT2D eigenvalue weighted by Gasteiger charge is 1.95. The fourth-order valence-corrected chi connectivity index (χ4v) is 1.21. The van der Waals surface area contributed by atoms with Crippen molar-refractivity contribution >= 4 is 0 Å². The van der Waals surface area contributed by atoms with Gasteiger partial charge in [-0.3, -0.25) is 0 Å². The van der Waals surface area contributed by atoms with Crippen LogP contribution in [0.25, 0.3) is 0 Å². The van der Waals surface area contributed by atoms with Gasteiger partial charge in [-0.2, -0.15) is 0 Å². The zero-order chi connectivity index (χ0) is 9.52. The maximum Gasteiger partial charge on any atom is 0.0502 e. The lowest BCUT2D eigenvalue weighted by atomic mass is 10.1. The van der Waals surface area contributed by atoms with Crippen molar-refractivity contribution in [1.29, 1.82) is 0 Å². The van der Waals surface area contributed by atoms with Gasteiger partial charge in [0.25, 0.3) is 0 Å². The second-order valence-corrected chi connectivity index (χ2v) is 2.90. The van der Waals surface area contributed by atoms with E-state index < -0.39 is 0 Å². The first-order chi connectivity index (χ1) is 6.36. The topological polar surface area (TPSA) is 41.5 Å². The van der Waals surface area contributed by atoms with Gasteiger partial charge in [0.05, 0.1) is 6.61 Å². The van der Waals surface area contributed by atoms with Crippen molar-refractivity contribution in [3.8, 4) is 0 Å². The number of hydrogen-bond donors (Lipinski definition) is 2. The first-order valence-electron chi connectivity index (χ1n) is 4.30. The lowest BCUT2D eigenvalue weighted by Crippen LogP contribution is -2.06. The molecule has 0 aliphatic heterocycles. The molecule has 0 unspecified atom stereocenters. The minimum Gasteiger partial charge on any atom is -0.384 e. The second kappa shape index (κ2) is 5.70. The molecule has 0 saturated carbocycles. The molecule has 0 saturated heterocycles.